The van der Waals surface area contributed by atoms with Crippen LogP contribution < -0.4 is 10.3 Å². The van der Waals surface area contributed by atoms with E-state index in [0.29, 0.717) is 24.3 Å². The van der Waals surface area contributed by atoms with Crippen molar-refractivity contribution < 1.29 is 27.8 Å². The molecule has 1 unspecified atom stereocenters. The number of methoxy groups -OCH3 is 1. The van der Waals surface area contributed by atoms with E-state index in [1.807, 2.05) is 6.92 Å². The number of carboxylic acid groups (broad SMARTS) is 1. The Morgan fingerprint density at radius 1 is 1.32 bits per heavy atom. The number of carbonyl (C=O) groups is 1. The van der Waals surface area contributed by atoms with Gasteiger partial charge in [0.05, 0.1) is 27.5 Å². The Labute approximate surface area is 184 Å². The zero-order valence-corrected chi connectivity index (χ0v) is 18.6. The molecule has 2 heterocycles. The molecule has 0 spiro atoms. The Hall–Kier alpha value is -2.36. The fourth-order valence-corrected chi connectivity index (χ4v) is 5.62. The molecule has 0 amide bonds. The maximum Gasteiger partial charge on any atom is 0.341 e. The van der Waals surface area contributed by atoms with Crippen molar-refractivity contribution in [2.24, 2.45) is 0 Å². The van der Waals surface area contributed by atoms with Crippen LogP contribution in [0, 0.1) is 0 Å². The van der Waals surface area contributed by atoms with Gasteiger partial charge < -0.3 is 19.1 Å². The second kappa shape index (κ2) is 7.96. The Balaban J connectivity index is 1.91. The van der Waals surface area contributed by atoms with Gasteiger partial charge in [-0.3, -0.25) is 4.79 Å². The second-order valence-corrected chi connectivity index (χ2v) is 10.3. The summed E-state index contributed by atoms with van der Waals surface area (Å²) in [5, 5.41) is 9.65. The van der Waals surface area contributed by atoms with Crippen LogP contribution in [-0.2, 0) is 20.3 Å². The average Bonchev–Trinajstić information content (AvgIpc) is 3.52. The fraction of sp³-hybridized carbons (Fsp3) is 0.429. The number of pyridine rings is 1. The van der Waals surface area contributed by atoms with E-state index in [-0.39, 0.29) is 33.4 Å². The van der Waals surface area contributed by atoms with Crippen molar-refractivity contribution >= 4 is 27.4 Å². The molecule has 1 atom stereocenters. The van der Waals surface area contributed by atoms with Crippen LogP contribution in [0.5, 0.6) is 5.75 Å². The molecule has 1 fully saturated rings. The molecule has 0 bridgehead atoms. The highest BCUT2D eigenvalue weighted by atomic mass is 35.5. The topological polar surface area (TPSA) is 112 Å². The summed E-state index contributed by atoms with van der Waals surface area (Å²) in [4.78, 5) is 24.5. The van der Waals surface area contributed by atoms with Gasteiger partial charge in [-0.05, 0) is 37.5 Å². The summed E-state index contributed by atoms with van der Waals surface area (Å²) in [5.41, 5.74) is -0.0622. The summed E-state index contributed by atoms with van der Waals surface area (Å²) in [6, 6.07) is 3.90. The number of aromatic nitrogens is 1. The summed E-state index contributed by atoms with van der Waals surface area (Å²) in [6.45, 7) is 2.31. The Bertz CT molecular complexity index is 1230. The maximum absolute atomic E-state index is 13.1. The Morgan fingerprint density at radius 2 is 2.03 bits per heavy atom. The highest BCUT2D eigenvalue weighted by molar-refractivity contribution is 7.90. The van der Waals surface area contributed by atoms with Gasteiger partial charge in [0, 0.05) is 37.8 Å². The minimum atomic E-state index is -3.80. The van der Waals surface area contributed by atoms with Crippen molar-refractivity contribution in [2.45, 2.75) is 49.0 Å². The van der Waals surface area contributed by atoms with Crippen LogP contribution in [0.1, 0.15) is 48.1 Å². The van der Waals surface area contributed by atoms with E-state index < -0.39 is 32.7 Å². The smallest absolute Gasteiger partial charge is 0.341 e. The quantitative estimate of drug-likeness (QED) is 0.664. The van der Waals surface area contributed by atoms with Gasteiger partial charge in [0.1, 0.15) is 11.3 Å². The predicted molar refractivity (Wildman–Crippen MR) is 114 cm³/mol. The number of sulfone groups is 1. The molecular formula is C21H22ClNO7S. The normalized spacial score (nSPS) is 17.5. The highest BCUT2D eigenvalue weighted by Gasteiger charge is 2.37. The first-order valence-corrected chi connectivity index (χ1v) is 11.9. The summed E-state index contributed by atoms with van der Waals surface area (Å²) >= 11 is 6.44. The number of benzene rings is 1. The number of hydrogen-bond donors (Lipinski definition) is 1. The van der Waals surface area contributed by atoms with Gasteiger partial charge in [0.25, 0.3) is 5.56 Å². The minimum Gasteiger partial charge on any atom is -0.489 e. The van der Waals surface area contributed by atoms with Crippen molar-refractivity contribution in [3.05, 3.63) is 44.7 Å². The van der Waals surface area contributed by atoms with E-state index in [1.54, 1.807) is 7.11 Å². The number of aromatic carboxylic acids is 1. The van der Waals surface area contributed by atoms with Crippen molar-refractivity contribution in [1.82, 2.24) is 4.57 Å². The summed E-state index contributed by atoms with van der Waals surface area (Å²) < 4.78 is 38.4. The lowest BCUT2D eigenvalue weighted by atomic mass is 10.0. The first-order chi connectivity index (χ1) is 14.6. The van der Waals surface area contributed by atoms with Crippen molar-refractivity contribution in [1.29, 1.82) is 0 Å². The largest absolute Gasteiger partial charge is 0.489 e. The molecule has 1 aromatic carbocycles. The lowest BCUT2D eigenvalue weighted by Gasteiger charge is -2.26. The summed E-state index contributed by atoms with van der Waals surface area (Å²) in [7, 11) is -2.22. The van der Waals surface area contributed by atoms with Gasteiger partial charge >= 0.3 is 5.97 Å². The minimum absolute atomic E-state index is 0.0233. The van der Waals surface area contributed by atoms with Crippen LogP contribution in [0.2, 0.25) is 5.02 Å². The third-order valence-electron chi connectivity index (χ3n) is 5.48. The van der Waals surface area contributed by atoms with E-state index in [2.05, 4.69) is 0 Å². The Kier molecular flexibility index (Phi) is 5.61. The number of carboxylic acids is 1. The second-order valence-electron chi connectivity index (χ2n) is 7.89. The zero-order chi connectivity index (χ0) is 22.5. The lowest BCUT2D eigenvalue weighted by Crippen LogP contribution is -2.30. The SMILES string of the molecule is COCCC(C)Oc1cc2c(cc1Cl)-c1c(cc(C(=O)O)c(=O)n1C1CC1)CS2(=O)=O. The van der Waals surface area contributed by atoms with Crippen LogP contribution >= 0.6 is 11.6 Å². The van der Waals surface area contributed by atoms with Crippen molar-refractivity contribution in [3.8, 4) is 17.0 Å². The average molecular weight is 468 g/mol. The molecule has 1 aliphatic heterocycles. The van der Waals surface area contributed by atoms with E-state index in [1.165, 1.54) is 22.8 Å². The third kappa shape index (κ3) is 3.97. The van der Waals surface area contributed by atoms with E-state index in [9.17, 15) is 23.1 Å². The number of fused-ring (bicyclic) bond motifs is 3. The van der Waals surface area contributed by atoms with Crippen LogP contribution in [0.3, 0.4) is 0 Å². The monoisotopic (exact) mass is 467 g/mol. The number of ether oxygens (including phenoxy) is 2. The molecule has 31 heavy (non-hydrogen) atoms. The van der Waals surface area contributed by atoms with Crippen LogP contribution in [0.15, 0.2) is 27.9 Å². The van der Waals surface area contributed by atoms with Crippen molar-refractivity contribution in [2.75, 3.05) is 13.7 Å². The zero-order valence-electron chi connectivity index (χ0n) is 17.1. The number of rotatable bonds is 7. The molecule has 1 N–H and O–H groups in total. The molecule has 1 saturated carbocycles. The summed E-state index contributed by atoms with van der Waals surface area (Å²) in [6.07, 6.45) is 1.79. The van der Waals surface area contributed by atoms with Gasteiger partial charge in [-0.15, -0.1) is 0 Å². The van der Waals surface area contributed by atoms with E-state index in [4.69, 9.17) is 21.1 Å². The fourth-order valence-electron chi connectivity index (χ4n) is 3.85. The van der Waals surface area contributed by atoms with Crippen LogP contribution in [0.4, 0.5) is 0 Å². The number of nitrogens with zero attached hydrogens (tertiary/aromatic N) is 1. The molecule has 2 aromatic rings. The Morgan fingerprint density at radius 3 is 2.65 bits per heavy atom. The molecule has 0 saturated heterocycles. The van der Waals surface area contributed by atoms with Gasteiger partial charge in [-0.1, -0.05) is 11.6 Å². The maximum atomic E-state index is 13.1. The van der Waals surface area contributed by atoms with Gasteiger partial charge in [0.2, 0.25) is 0 Å². The van der Waals surface area contributed by atoms with Gasteiger partial charge in [-0.2, -0.15) is 0 Å². The molecular weight excluding hydrogens is 446 g/mol. The number of halogens is 1. The predicted octanol–water partition coefficient (Wildman–Crippen LogP) is 3.29. The third-order valence-corrected chi connectivity index (χ3v) is 7.48. The van der Waals surface area contributed by atoms with E-state index >= 15 is 0 Å². The first-order valence-electron chi connectivity index (χ1n) is 9.88. The molecule has 0 radical (unpaired) electrons. The van der Waals surface area contributed by atoms with Crippen LogP contribution in [-0.4, -0.2) is 43.9 Å². The number of hydrogen-bond acceptors (Lipinski definition) is 6. The standard InChI is InChI=1S/C21H22ClNO7S/c1-11(5-6-29-2)30-17-9-18-14(8-16(17)22)19-12(10-31(18,27)28)7-15(21(25)26)20(24)23(19)13-3-4-13/h7-9,11,13H,3-6,10H2,1-2H3,(H,25,26). The first kappa shape index (κ1) is 21.9. The molecule has 166 valence electrons. The molecule has 10 heteroatoms. The van der Waals surface area contributed by atoms with Gasteiger partial charge in [-0.25, -0.2) is 13.2 Å². The van der Waals surface area contributed by atoms with Crippen molar-refractivity contribution in [3.63, 3.8) is 0 Å². The highest BCUT2D eigenvalue weighted by Crippen LogP contribution is 2.46. The van der Waals surface area contributed by atoms with Crippen LogP contribution in [0.25, 0.3) is 11.3 Å². The molecule has 8 nitrogen and oxygen atoms in total. The van der Waals surface area contributed by atoms with Gasteiger partial charge in [0.15, 0.2) is 9.84 Å². The van der Waals surface area contributed by atoms with E-state index in [0.717, 1.165) is 12.8 Å². The molecule has 2 aliphatic rings. The molecule has 1 aromatic heterocycles. The summed E-state index contributed by atoms with van der Waals surface area (Å²) in [5.74, 6) is -1.54. The molecule has 4 rings (SSSR count). The lowest BCUT2D eigenvalue weighted by molar-refractivity contribution is 0.0694. The molecule has 1 aliphatic carbocycles.